The second-order valence-corrected chi connectivity index (χ2v) is 9.92. The predicted octanol–water partition coefficient (Wildman–Crippen LogP) is 4.74. The molecular weight excluding hydrogens is 476 g/mol. The number of rotatable bonds is 9. The predicted molar refractivity (Wildman–Crippen MR) is 133 cm³/mol. The molecule has 0 aromatic heterocycles. The lowest BCUT2D eigenvalue weighted by molar-refractivity contribution is -0.120. The molecule has 34 heavy (non-hydrogen) atoms. The first-order chi connectivity index (χ1) is 16.2. The Morgan fingerprint density at radius 3 is 2.35 bits per heavy atom. The molecule has 0 bridgehead atoms. The molecule has 7 nitrogen and oxygen atoms in total. The molecule has 3 aromatic carbocycles. The number of benzene rings is 3. The third-order valence-electron chi connectivity index (χ3n) is 5.34. The SMILES string of the molecule is COc1ccc(OC)c(C(C)NC(=O)CN(c2ccc(C)c(Cl)c2)S(=O)(=O)c2ccccc2)c1. The second kappa shape index (κ2) is 10.8. The van der Waals surface area contributed by atoms with Gasteiger partial charge in [-0.3, -0.25) is 9.10 Å². The molecule has 9 heteroatoms. The molecule has 0 spiro atoms. The number of nitrogens with zero attached hydrogens (tertiary/aromatic N) is 1. The lowest BCUT2D eigenvalue weighted by atomic mass is 10.1. The van der Waals surface area contributed by atoms with Crippen molar-refractivity contribution in [3.63, 3.8) is 0 Å². The van der Waals surface area contributed by atoms with Gasteiger partial charge in [-0.15, -0.1) is 0 Å². The summed E-state index contributed by atoms with van der Waals surface area (Å²) in [6.45, 7) is 3.17. The van der Waals surface area contributed by atoms with E-state index >= 15 is 0 Å². The minimum Gasteiger partial charge on any atom is -0.497 e. The zero-order valence-corrected chi connectivity index (χ0v) is 21.0. The highest BCUT2D eigenvalue weighted by Gasteiger charge is 2.28. The topological polar surface area (TPSA) is 84.9 Å². The van der Waals surface area contributed by atoms with Crippen LogP contribution in [0.15, 0.2) is 71.6 Å². The van der Waals surface area contributed by atoms with Crippen LogP contribution in [0.3, 0.4) is 0 Å². The van der Waals surface area contributed by atoms with Crippen molar-refractivity contribution in [2.45, 2.75) is 24.8 Å². The average Bonchev–Trinajstić information content (AvgIpc) is 2.84. The monoisotopic (exact) mass is 502 g/mol. The summed E-state index contributed by atoms with van der Waals surface area (Å²) in [5.74, 6) is 0.695. The van der Waals surface area contributed by atoms with Gasteiger partial charge in [-0.1, -0.05) is 35.9 Å². The number of sulfonamides is 1. The number of aryl methyl sites for hydroxylation is 1. The molecule has 1 amide bonds. The van der Waals surface area contributed by atoms with Crippen molar-refractivity contribution in [3.8, 4) is 11.5 Å². The number of ether oxygens (including phenoxy) is 2. The van der Waals surface area contributed by atoms with Gasteiger partial charge < -0.3 is 14.8 Å². The number of amides is 1. The van der Waals surface area contributed by atoms with Crippen LogP contribution in [0.5, 0.6) is 11.5 Å². The van der Waals surface area contributed by atoms with Gasteiger partial charge in [-0.25, -0.2) is 8.42 Å². The normalized spacial score (nSPS) is 12.0. The highest BCUT2D eigenvalue weighted by atomic mass is 35.5. The molecule has 3 aromatic rings. The Morgan fingerprint density at radius 2 is 1.74 bits per heavy atom. The van der Waals surface area contributed by atoms with Gasteiger partial charge in [0.1, 0.15) is 18.0 Å². The second-order valence-electron chi connectivity index (χ2n) is 7.66. The van der Waals surface area contributed by atoms with Gasteiger partial charge in [-0.2, -0.15) is 0 Å². The van der Waals surface area contributed by atoms with E-state index in [2.05, 4.69) is 5.32 Å². The first kappa shape index (κ1) is 25.4. The van der Waals surface area contributed by atoms with Gasteiger partial charge in [0.25, 0.3) is 10.0 Å². The number of methoxy groups -OCH3 is 2. The number of hydrogen-bond donors (Lipinski definition) is 1. The fourth-order valence-corrected chi connectivity index (χ4v) is 5.05. The number of anilines is 1. The molecule has 0 fully saturated rings. The van der Waals surface area contributed by atoms with Crippen LogP contribution >= 0.6 is 11.6 Å². The van der Waals surface area contributed by atoms with Gasteiger partial charge in [-0.05, 0) is 61.9 Å². The van der Waals surface area contributed by atoms with E-state index in [-0.39, 0.29) is 4.90 Å². The van der Waals surface area contributed by atoms with Crippen LogP contribution in [0.4, 0.5) is 5.69 Å². The van der Waals surface area contributed by atoms with Crippen LogP contribution in [0.25, 0.3) is 0 Å². The Balaban J connectivity index is 1.92. The lowest BCUT2D eigenvalue weighted by Gasteiger charge is -2.26. The summed E-state index contributed by atoms with van der Waals surface area (Å²) < 4.78 is 38.7. The highest BCUT2D eigenvalue weighted by molar-refractivity contribution is 7.92. The Hall–Kier alpha value is -3.23. The van der Waals surface area contributed by atoms with Crippen molar-refractivity contribution in [3.05, 3.63) is 82.9 Å². The van der Waals surface area contributed by atoms with E-state index in [9.17, 15) is 13.2 Å². The zero-order valence-electron chi connectivity index (χ0n) is 19.4. The minimum atomic E-state index is -4.03. The van der Waals surface area contributed by atoms with E-state index < -0.39 is 28.5 Å². The van der Waals surface area contributed by atoms with E-state index in [1.54, 1.807) is 68.6 Å². The van der Waals surface area contributed by atoms with Crippen molar-refractivity contribution in [2.75, 3.05) is 25.1 Å². The molecule has 0 aliphatic heterocycles. The summed E-state index contributed by atoms with van der Waals surface area (Å²) in [6.07, 6.45) is 0. The molecule has 0 aliphatic carbocycles. The molecular formula is C25H27ClN2O5S. The summed E-state index contributed by atoms with van der Waals surface area (Å²) in [4.78, 5) is 13.1. The Labute approximate surface area is 205 Å². The van der Waals surface area contributed by atoms with Crippen LogP contribution in [-0.2, 0) is 14.8 Å². The maximum atomic E-state index is 13.5. The smallest absolute Gasteiger partial charge is 0.264 e. The van der Waals surface area contributed by atoms with E-state index in [1.165, 1.54) is 19.2 Å². The van der Waals surface area contributed by atoms with Gasteiger partial charge in [0, 0.05) is 10.6 Å². The molecule has 0 aliphatic rings. The number of carbonyl (C=O) groups is 1. The Bertz CT molecular complexity index is 1270. The van der Waals surface area contributed by atoms with Crippen LogP contribution in [0.2, 0.25) is 5.02 Å². The first-order valence-corrected chi connectivity index (χ1v) is 12.3. The molecule has 1 N–H and O–H groups in total. The molecule has 1 unspecified atom stereocenters. The summed E-state index contributed by atoms with van der Waals surface area (Å²) >= 11 is 6.27. The van der Waals surface area contributed by atoms with E-state index in [4.69, 9.17) is 21.1 Å². The number of nitrogens with one attached hydrogen (secondary N) is 1. The standard InChI is InChI=1S/C25H27ClN2O5S/c1-17-10-11-19(14-23(17)26)28(34(30,31)21-8-6-5-7-9-21)16-25(29)27-18(2)22-15-20(32-3)12-13-24(22)33-4/h5-15,18H,16H2,1-4H3,(H,27,29). The van der Waals surface area contributed by atoms with Gasteiger partial charge in [0.05, 0.1) is 30.8 Å². The number of halogens is 1. The highest BCUT2D eigenvalue weighted by Crippen LogP contribution is 2.30. The summed E-state index contributed by atoms with van der Waals surface area (Å²) in [7, 11) is -0.947. The average molecular weight is 503 g/mol. The number of hydrogen-bond acceptors (Lipinski definition) is 5. The zero-order chi connectivity index (χ0) is 24.9. The van der Waals surface area contributed by atoms with Crippen molar-refractivity contribution in [1.82, 2.24) is 5.32 Å². The minimum absolute atomic E-state index is 0.0713. The van der Waals surface area contributed by atoms with Crippen LogP contribution < -0.4 is 19.1 Å². The van der Waals surface area contributed by atoms with E-state index in [0.29, 0.717) is 27.8 Å². The van der Waals surface area contributed by atoms with Crippen LogP contribution in [-0.4, -0.2) is 35.1 Å². The van der Waals surface area contributed by atoms with E-state index in [0.717, 1.165) is 9.87 Å². The molecule has 0 saturated heterocycles. The fraction of sp³-hybridized carbons (Fsp3) is 0.240. The molecule has 0 heterocycles. The third kappa shape index (κ3) is 5.63. The van der Waals surface area contributed by atoms with Gasteiger partial charge >= 0.3 is 0 Å². The van der Waals surface area contributed by atoms with Gasteiger partial charge in [0.15, 0.2) is 0 Å². The summed E-state index contributed by atoms with van der Waals surface area (Å²) in [5, 5.41) is 3.26. The summed E-state index contributed by atoms with van der Waals surface area (Å²) in [5.41, 5.74) is 1.79. The lowest BCUT2D eigenvalue weighted by Crippen LogP contribution is -2.41. The Kier molecular flexibility index (Phi) is 8.06. The molecule has 0 saturated carbocycles. The number of carbonyl (C=O) groups excluding carboxylic acids is 1. The largest absolute Gasteiger partial charge is 0.497 e. The van der Waals surface area contributed by atoms with Crippen molar-refractivity contribution >= 4 is 33.2 Å². The Morgan fingerprint density at radius 1 is 1.03 bits per heavy atom. The molecule has 180 valence electrons. The van der Waals surface area contributed by atoms with Crippen LogP contribution in [0.1, 0.15) is 24.1 Å². The molecule has 1 atom stereocenters. The van der Waals surface area contributed by atoms with Crippen molar-refractivity contribution in [1.29, 1.82) is 0 Å². The van der Waals surface area contributed by atoms with E-state index in [1.807, 2.05) is 6.92 Å². The molecule has 3 rings (SSSR count). The summed E-state index contributed by atoms with van der Waals surface area (Å²) in [6, 6.07) is 17.6. The van der Waals surface area contributed by atoms with Crippen molar-refractivity contribution < 1.29 is 22.7 Å². The maximum absolute atomic E-state index is 13.5. The fourth-order valence-electron chi connectivity index (χ4n) is 3.44. The quantitative estimate of drug-likeness (QED) is 0.457. The van der Waals surface area contributed by atoms with Crippen LogP contribution in [0, 0.1) is 6.92 Å². The molecule has 0 radical (unpaired) electrons. The third-order valence-corrected chi connectivity index (χ3v) is 7.54. The van der Waals surface area contributed by atoms with Gasteiger partial charge in [0.2, 0.25) is 5.91 Å². The maximum Gasteiger partial charge on any atom is 0.264 e. The van der Waals surface area contributed by atoms with Crippen molar-refractivity contribution in [2.24, 2.45) is 0 Å². The first-order valence-electron chi connectivity index (χ1n) is 10.5.